The quantitative estimate of drug-likeness (QED) is 0.870. The molecular formula is C15H20N4O3. The number of amides is 3. The first-order valence-electron chi connectivity index (χ1n) is 7.35. The number of rotatable bonds is 2. The van der Waals surface area contributed by atoms with Crippen LogP contribution >= 0.6 is 0 Å². The molecule has 0 saturated carbocycles. The van der Waals surface area contributed by atoms with Gasteiger partial charge in [-0.1, -0.05) is 0 Å². The Morgan fingerprint density at radius 1 is 1.45 bits per heavy atom. The van der Waals surface area contributed by atoms with Crippen molar-refractivity contribution < 1.29 is 14.3 Å². The fourth-order valence-electron chi connectivity index (χ4n) is 3.19. The van der Waals surface area contributed by atoms with Crippen LogP contribution in [0, 0.1) is 6.92 Å². The molecule has 1 aromatic rings. The molecule has 2 fully saturated rings. The highest BCUT2D eigenvalue weighted by Gasteiger charge is 2.41. The van der Waals surface area contributed by atoms with Gasteiger partial charge in [0, 0.05) is 37.5 Å². The van der Waals surface area contributed by atoms with E-state index < -0.39 is 0 Å². The smallest absolute Gasteiger partial charge is 0.317 e. The van der Waals surface area contributed by atoms with Gasteiger partial charge in [-0.15, -0.1) is 0 Å². The zero-order valence-corrected chi connectivity index (χ0v) is 13.0. The minimum absolute atomic E-state index is 0.0000275. The monoisotopic (exact) mass is 304 g/mol. The number of fused-ring (bicyclic) bond motifs is 1. The second kappa shape index (κ2) is 5.47. The summed E-state index contributed by atoms with van der Waals surface area (Å²) in [6.45, 7) is 3.00. The molecule has 2 saturated heterocycles. The van der Waals surface area contributed by atoms with Crippen molar-refractivity contribution in [2.24, 2.45) is 0 Å². The van der Waals surface area contributed by atoms with Crippen LogP contribution in [0.4, 0.5) is 4.79 Å². The van der Waals surface area contributed by atoms with Gasteiger partial charge in [0.1, 0.15) is 0 Å². The van der Waals surface area contributed by atoms with Gasteiger partial charge in [0.25, 0.3) is 5.91 Å². The van der Waals surface area contributed by atoms with Gasteiger partial charge in [0.05, 0.1) is 19.2 Å². The van der Waals surface area contributed by atoms with Gasteiger partial charge in [-0.05, 0) is 19.4 Å². The number of urea groups is 1. The van der Waals surface area contributed by atoms with Crippen molar-refractivity contribution >= 4 is 11.9 Å². The first-order chi connectivity index (χ1) is 10.5. The topological polar surface area (TPSA) is 74.8 Å². The van der Waals surface area contributed by atoms with Crippen LogP contribution in [0.25, 0.3) is 0 Å². The Labute approximate surface area is 129 Å². The molecule has 2 atom stereocenters. The minimum Gasteiger partial charge on any atom is -0.481 e. The number of likely N-dealkylation sites (N-methyl/N-ethyl adjacent to an activating group) is 1. The summed E-state index contributed by atoms with van der Waals surface area (Å²) < 4.78 is 5.13. The summed E-state index contributed by atoms with van der Waals surface area (Å²) in [5.74, 6) is 0.387. The summed E-state index contributed by atoms with van der Waals surface area (Å²) in [6, 6.07) is 3.52. The number of aromatic nitrogens is 1. The number of carbonyl (C=O) groups is 2. The summed E-state index contributed by atoms with van der Waals surface area (Å²) in [7, 11) is 3.33. The second-order valence-corrected chi connectivity index (χ2v) is 5.81. The van der Waals surface area contributed by atoms with Crippen LogP contribution in [0.3, 0.4) is 0 Å². The molecule has 118 valence electrons. The molecule has 2 aliphatic rings. The standard InChI is InChI=1S/C15H20N4O3/c1-9-6-10(7-13(16-9)22-3)14(20)19-5-4-12-11(8-19)17-15(21)18(12)2/h6-7,11-12H,4-5,8H2,1-3H3,(H,17,21)/t11-,12+/m1/s1. The maximum Gasteiger partial charge on any atom is 0.317 e. The number of carbonyl (C=O) groups excluding carboxylic acids is 2. The average Bonchev–Trinajstić information content (AvgIpc) is 2.80. The Morgan fingerprint density at radius 3 is 2.95 bits per heavy atom. The number of piperidine rings is 1. The SMILES string of the molecule is COc1cc(C(=O)N2CC[C@H]3[C@@H](C2)NC(=O)N3C)cc(C)n1. The summed E-state index contributed by atoms with van der Waals surface area (Å²) >= 11 is 0. The number of methoxy groups -OCH3 is 1. The molecule has 1 aromatic heterocycles. The first-order valence-corrected chi connectivity index (χ1v) is 7.35. The molecule has 3 heterocycles. The molecule has 1 N–H and O–H groups in total. The Balaban J connectivity index is 1.77. The maximum absolute atomic E-state index is 12.7. The van der Waals surface area contributed by atoms with E-state index in [9.17, 15) is 9.59 Å². The Morgan fingerprint density at radius 2 is 2.23 bits per heavy atom. The number of likely N-dealkylation sites (tertiary alicyclic amines) is 1. The fraction of sp³-hybridized carbons (Fsp3) is 0.533. The molecule has 2 aliphatic heterocycles. The van der Waals surface area contributed by atoms with Crippen molar-refractivity contribution in [2.45, 2.75) is 25.4 Å². The molecule has 0 radical (unpaired) electrons. The zero-order chi connectivity index (χ0) is 15.9. The first kappa shape index (κ1) is 14.6. The molecule has 0 aliphatic carbocycles. The van der Waals surface area contributed by atoms with E-state index in [0.29, 0.717) is 24.5 Å². The van der Waals surface area contributed by atoms with Gasteiger partial charge in [-0.25, -0.2) is 9.78 Å². The van der Waals surface area contributed by atoms with E-state index >= 15 is 0 Å². The van der Waals surface area contributed by atoms with E-state index in [1.165, 1.54) is 7.11 Å². The molecule has 3 amide bonds. The second-order valence-electron chi connectivity index (χ2n) is 5.81. The van der Waals surface area contributed by atoms with E-state index in [1.807, 2.05) is 6.92 Å². The van der Waals surface area contributed by atoms with Gasteiger partial charge < -0.3 is 19.9 Å². The van der Waals surface area contributed by atoms with Gasteiger partial charge in [-0.3, -0.25) is 4.79 Å². The van der Waals surface area contributed by atoms with Crippen LogP contribution in [-0.2, 0) is 0 Å². The molecule has 0 bridgehead atoms. The van der Waals surface area contributed by atoms with E-state index in [4.69, 9.17) is 4.74 Å². The Hall–Kier alpha value is -2.31. The van der Waals surface area contributed by atoms with Gasteiger partial charge in [0.15, 0.2) is 0 Å². The third-order valence-corrected chi connectivity index (χ3v) is 4.38. The number of nitrogens with zero attached hydrogens (tertiary/aromatic N) is 3. The lowest BCUT2D eigenvalue weighted by molar-refractivity contribution is 0.0665. The van der Waals surface area contributed by atoms with Crippen molar-refractivity contribution in [2.75, 3.05) is 27.2 Å². The van der Waals surface area contributed by atoms with Crippen molar-refractivity contribution in [1.82, 2.24) is 20.1 Å². The molecule has 3 rings (SSSR count). The molecular weight excluding hydrogens is 284 g/mol. The largest absolute Gasteiger partial charge is 0.481 e. The van der Waals surface area contributed by atoms with Crippen molar-refractivity contribution in [3.63, 3.8) is 0 Å². The predicted molar refractivity (Wildman–Crippen MR) is 79.9 cm³/mol. The van der Waals surface area contributed by atoms with Gasteiger partial charge in [-0.2, -0.15) is 0 Å². The van der Waals surface area contributed by atoms with E-state index in [-0.39, 0.29) is 24.0 Å². The Bertz CT molecular complexity index is 619. The van der Waals surface area contributed by atoms with Gasteiger partial charge in [0.2, 0.25) is 5.88 Å². The molecule has 0 aromatic carbocycles. The fourth-order valence-corrected chi connectivity index (χ4v) is 3.19. The highest BCUT2D eigenvalue weighted by atomic mass is 16.5. The van der Waals surface area contributed by atoms with Crippen LogP contribution in [0.15, 0.2) is 12.1 Å². The maximum atomic E-state index is 12.7. The van der Waals surface area contributed by atoms with Crippen LogP contribution in [0.2, 0.25) is 0 Å². The van der Waals surface area contributed by atoms with Crippen LogP contribution in [0.1, 0.15) is 22.5 Å². The molecule has 0 unspecified atom stereocenters. The van der Waals surface area contributed by atoms with Gasteiger partial charge >= 0.3 is 6.03 Å². The molecule has 7 nitrogen and oxygen atoms in total. The summed E-state index contributed by atoms with van der Waals surface area (Å²) in [4.78, 5) is 32.1. The third-order valence-electron chi connectivity index (χ3n) is 4.38. The average molecular weight is 304 g/mol. The van der Waals surface area contributed by atoms with E-state index in [1.54, 1.807) is 29.0 Å². The molecule has 22 heavy (non-hydrogen) atoms. The number of aryl methyl sites for hydroxylation is 1. The number of nitrogens with one attached hydrogen (secondary N) is 1. The molecule has 0 spiro atoms. The molecule has 7 heteroatoms. The van der Waals surface area contributed by atoms with E-state index in [2.05, 4.69) is 10.3 Å². The lowest BCUT2D eigenvalue weighted by atomic mass is 9.99. The Kier molecular flexibility index (Phi) is 3.64. The highest BCUT2D eigenvalue weighted by Crippen LogP contribution is 2.23. The van der Waals surface area contributed by atoms with Crippen LogP contribution < -0.4 is 10.1 Å². The number of ether oxygens (including phenoxy) is 1. The summed E-state index contributed by atoms with van der Waals surface area (Å²) in [6.07, 6.45) is 0.785. The predicted octanol–water partition coefficient (Wildman–Crippen LogP) is 0.637. The van der Waals surface area contributed by atoms with E-state index in [0.717, 1.165) is 12.1 Å². The normalized spacial score (nSPS) is 24.0. The van der Waals surface area contributed by atoms with Crippen LogP contribution in [-0.4, -0.2) is 66.1 Å². The van der Waals surface area contributed by atoms with Crippen molar-refractivity contribution in [1.29, 1.82) is 0 Å². The lowest BCUT2D eigenvalue weighted by Crippen LogP contribution is -2.52. The van der Waals surface area contributed by atoms with Crippen molar-refractivity contribution in [3.05, 3.63) is 23.4 Å². The lowest BCUT2D eigenvalue weighted by Gasteiger charge is -2.35. The number of pyridine rings is 1. The summed E-state index contributed by atoms with van der Waals surface area (Å²) in [5, 5.41) is 2.93. The minimum atomic E-state index is -0.0641. The van der Waals surface area contributed by atoms with Crippen LogP contribution in [0.5, 0.6) is 5.88 Å². The zero-order valence-electron chi connectivity index (χ0n) is 13.0. The number of hydrogen-bond donors (Lipinski definition) is 1. The number of hydrogen-bond acceptors (Lipinski definition) is 4. The van der Waals surface area contributed by atoms with Crippen molar-refractivity contribution in [3.8, 4) is 5.88 Å². The summed E-state index contributed by atoms with van der Waals surface area (Å²) in [5.41, 5.74) is 1.31. The highest BCUT2D eigenvalue weighted by molar-refractivity contribution is 5.95. The third kappa shape index (κ3) is 2.47.